The molecule has 144 valence electrons. The maximum atomic E-state index is 14.5. The summed E-state index contributed by atoms with van der Waals surface area (Å²) in [5.41, 5.74) is -4.93. The fraction of sp³-hybridized carbons (Fsp3) is 0.308. The van der Waals surface area contributed by atoms with Crippen molar-refractivity contribution in [2.45, 2.75) is 26.5 Å². The Labute approximate surface area is 144 Å². The van der Waals surface area contributed by atoms with Crippen LogP contribution in [0.5, 0.6) is 5.75 Å². The van der Waals surface area contributed by atoms with E-state index in [1.165, 1.54) is 0 Å². The lowest BCUT2D eigenvalue weighted by Crippen LogP contribution is -2.65. The first-order valence-corrected chi connectivity index (χ1v) is 8.33. The lowest BCUT2D eigenvalue weighted by atomic mass is 10.3. The third-order valence-electron chi connectivity index (χ3n) is 2.43. The van der Waals surface area contributed by atoms with Crippen LogP contribution in [0.3, 0.4) is 0 Å². The van der Waals surface area contributed by atoms with Crippen molar-refractivity contribution in [1.29, 1.82) is 0 Å². The predicted molar refractivity (Wildman–Crippen MR) is 72.9 cm³/mol. The minimum atomic E-state index is -5.94. The number of carbonyl (C=O) groups excluding carboxylic acids is 3. The number of rotatable bonds is 6. The Morgan fingerprint density at radius 3 is 1.65 bits per heavy atom. The van der Waals surface area contributed by atoms with Gasteiger partial charge in [-0.25, -0.2) is 8.78 Å². The number of alkyl halides is 2. The van der Waals surface area contributed by atoms with Gasteiger partial charge in [0.05, 0.1) is 0 Å². The molecule has 0 aliphatic rings. The van der Waals surface area contributed by atoms with E-state index in [1.807, 2.05) is 0 Å². The first-order chi connectivity index (χ1) is 11.8. The Morgan fingerprint density at radius 1 is 0.846 bits per heavy atom. The largest absolute Gasteiger partial charge is 0.826 e. The molecule has 0 unspecified atom stereocenters. The molecule has 0 aliphatic carbocycles. The molecule has 0 heterocycles. The van der Waals surface area contributed by atoms with Gasteiger partial charge in [-0.2, -0.15) is 13.2 Å². The van der Waals surface area contributed by atoms with Crippen molar-refractivity contribution in [3.63, 3.8) is 0 Å². The van der Waals surface area contributed by atoms with Crippen LogP contribution in [0.2, 0.25) is 0 Å². The van der Waals surface area contributed by atoms with Gasteiger partial charge in [-0.3, -0.25) is 14.4 Å². The van der Waals surface area contributed by atoms with E-state index in [4.69, 9.17) is 0 Å². The van der Waals surface area contributed by atoms with Crippen molar-refractivity contribution in [1.82, 2.24) is 0 Å². The zero-order valence-corrected chi connectivity index (χ0v) is 14.4. The number of carbonyl (C=O) groups is 3. The summed E-state index contributed by atoms with van der Waals surface area (Å²) in [5.74, 6) is -11.8. The second kappa shape index (κ2) is 7.68. The molecule has 0 bridgehead atoms. The van der Waals surface area contributed by atoms with Gasteiger partial charge < -0.3 is 18.0 Å². The molecule has 0 radical (unpaired) electrons. The number of hydrogen-bond donors (Lipinski definition) is 0. The molecule has 0 saturated heterocycles. The van der Waals surface area contributed by atoms with Crippen LogP contribution < -0.4 is 4.74 Å². The molecule has 1 rings (SSSR count). The summed E-state index contributed by atoms with van der Waals surface area (Å²) in [6.07, 6.45) is 0. The minimum Gasteiger partial charge on any atom is -0.450 e. The predicted octanol–water partition coefficient (Wildman–Crippen LogP) is 2.24. The van der Waals surface area contributed by atoms with Gasteiger partial charge in [-0.15, -0.1) is 0 Å². The van der Waals surface area contributed by atoms with Gasteiger partial charge in [0.2, 0.25) is 5.82 Å². The highest BCUT2D eigenvalue weighted by molar-refractivity contribution is 6.67. The van der Waals surface area contributed by atoms with Gasteiger partial charge >= 0.3 is 14.5 Å². The Bertz CT molecular complexity index is 699. The maximum Gasteiger partial charge on any atom is 0.826 e. The molecule has 0 amide bonds. The molecule has 0 spiro atoms. The molecule has 1 aromatic rings. The quantitative estimate of drug-likeness (QED) is 0.410. The molecule has 0 aromatic heterocycles. The van der Waals surface area contributed by atoms with E-state index in [1.54, 1.807) is 0 Å². The van der Waals surface area contributed by atoms with Gasteiger partial charge in [-0.1, -0.05) is 0 Å². The van der Waals surface area contributed by atoms with Gasteiger partial charge in [-0.05, 0) is 12.1 Å². The average molecular weight is 402 g/mol. The van der Waals surface area contributed by atoms with Crippen LogP contribution in [0.4, 0.5) is 22.0 Å². The zero-order valence-electron chi connectivity index (χ0n) is 13.4. The highest BCUT2D eigenvalue weighted by atomic mass is 28.4. The summed E-state index contributed by atoms with van der Waals surface area (Å²) in [4.78, 5) is 33.4. The van der Waals surface area contributed by atoms with Crippen molar-refractivity contribution < 1.29 is 54.4 Å². The SMILES string of the molecule is CC(=O)O[Si](OC(C)=O)(OC(C)=O)C(F)(F)Oc1ccc(F)c(F)c1F. The summed E-state index contributed by atoms with van der Waals surface area (Å²) in [6.45, 7) is 1.88. The molecule has 0 atom stereocenters. The Kier molecular flexibility index (Phi) is 6.30. The van der Waals surface area contributed by atoms with Crippen molar-refractivity contribution in [2.75, 3.05) is 0 Å². The fourth-order valence-corrected chi connectivity index (χ4v) is 3.45. The monoisotopic (exact) mass is 402 g/mol. The Morgan fingerprint density at radius 2 is 1.27 bits per heavy atom. The van der Waals surface area contributed by atoms with E-state index in [9.17, 15) is 36.3 Å². The molecule has 7 nitrogen and oxygen atoms in total. The molecule has 0 fully saturated rings. The number of ether oxygens (including phenoxy) is 1. The second-order valence-electron chi connectivity index (χ2n) is 4.63. The van der Waals surface area contributed by atoms with Gasteiger partial charge in [0.25, 0.3) is 17.9 Å². The Hall–Kier alpha value is -2.70. The Balaban J connectivity index is 3.45. The van der Waals surface area contributed by atoms with E-state index in [0.717, 1.165) is 0 Å². The van der Waals surface area contributed by atoms with Gasteiger partial charge in [0.15, 0.2) is 17.4 Å². The van der Waals surface area contributed by atoms with Crippen LogP contribution in [-0.2, 0) is 27.7 Å². The molecular weight excluding hydrogens is 391 g/mol. The molecule has 13 heteroatoms. The highest BCUT2D eigenvalue weighted by Crippen LogP contribution is 2.35. The molecule has 0 N–H and O–H groups in total. The fourth-order valence-electron chi connectivity index (χ4n) is 1.60. The summed E-state index contributed by atoms with van der Waals surface area (Å²) >= 11 is 0. The smallest absolute Gasteiger partial charge is 0.450 e. The van der Waals surface area contributed by atoms with Crippen LogP contribution in [0.25, 0.3) is 0 Å². The van der Waals surface area contributed by atoms with Crippen molar-refractivity contribution in [2.24, 2.45) is 0 Å². The van der Waals surface area contributed by atoms with E-state index < -0.39 is 55.6 Å². The summed E-state index contributed by atoms with van der Waals surface area (Å²) in [6, 6.07) is 0.576. The van der Waals surface area contributed by atoms with Crippen molar-refractivity contribution in [3.05, 3.63) is 29.6 Å². The van der Waals surface area contributed by atoms with E-state index in [-0.39, 0.29) is 6.07 Å². The first kappa shape index (κ1) is 21.3. The number of benzene rings is 1. The average Bonchev–Trinajstić information content (AvgIpc) is 2.45. The number of hydrogen-bond acceptors (Lipinski definition) is 7. The first-order valence-electron chi connectivity index (χ1n) is 6.60. The lowest BCUT2D eigenvalue weighted by molar-refractivity contribution is -0.185. The van der Waals surface area contributed by atoms with Gasteiger partial charge in [0.1, 0.15) is 0 Å². The zero-order chi connectivity index (χ0) is 20.3. The molecule has 26 heavy (non-hydrogen) atoms. The molecular formula is C13H11F5O7Si. The van der Waals surface area contributed by atoms with E-state index >= 15 is 0 Å². The van der Waals surface area contributed by atoms with Crippen LogP contribution in [0.15, 0.2) is 12.1 Å². The van der Waals surface area contributed by atoms with Crippen molar-refractivity contribution in [3.8, 4) is 5.75 Å². The molecule has 0 saturated carbocycles. The summed E-state index contributed by atoms with van der Waals surface area (Å²) in [7, 11) is -5.94. The number of halogens is 5. The minimum absolute atomic E-state index is 0.274. The maximum absolute atomic E-state index is 14.5. The van der Waals surface area contributed by atoms with Crippen LogP contribution in [0, 0.1) is 17.5 Å². The van der Waals surface area contributed by atoms with Crippen LogP contribution in [-0.4, -0.2) is 32.4 Å². The van der Waals surface area contributed by atoms with Crippen LogP contribution >= 0.6 is 0 Å². The topological polar surface area (TPSA) is 88.1 Å². The van der Waals surface area contributed by atoms with Crippen LogP contribution in [0.1, 0.15) is 20.8 Å². The lowest BCUT2D eigenvalue weighted by Gasteiger charge is -2.31. The van der Waals surface area contributed by atoms with Crippen molar-refractivity contribution >= 4 is 26.7 Å². The molecule has 1 aromatic carbocycles. The van der Waals surface area contributed by atoms with E-state index in [2.05, 4.69) is 18.0 Å². The second-order valence-corrected chi connectivity index (χ2v) is 6.94. The standard InChI is InChI=1S/C13H11F5O7Si/c1-6(19)23-26(24-7(2)20,25-8(3)21)13(17,18)22-10-5-4-9(14)11(15)12(10)16/h4-5H,1-3H3. The summed E-state index contributed by atoms with van der Waals surface area (Å²) < 4.78 is 85.4. The van der Waals surface area contributed by atoms with Gasteiger partial charge in [0, 0.05) is 20.8 Å². The summed E-state index contributed by atoms with van der Waals surface area (Å²) in [5, 5.41) is 0. The normalized spacial score (nSPS) is 11.5. The molecule has 0 aliphatic heterocycles. The highest BCUT2D eigenvalue weighted by Gasteiger charge is 2.77. The third kappa shape index (κ3) is 4.68. The van der Waals surface area contributed by atoms with E-state index in [0.29, 0.717) is 26.8 Å². The third-order valence-corrected chi connectivity index (χ3v) is 4.91.